The number of phosphoric ester groups is 3. The minimum absolute atomic E-state index is 0.0190. The Labute approximate surface area is 325 Å². The van der Waals surface area contributed by atoms with E-state index in [0.29, 0.717) is 5.56 Å². The molecule has 2 aromatic carbocycles. The lowest BCUT2D eigenvalue weighted by Gasteiger charge is -2.44. The predicted octanol–water partition coefficient (Wildman–Crippen LogP) is -1.49. The highest BCUT2D eigenvalue weighted by Gasteiger charge is 2.60. The maximum atomic E-state index is 13.2. The van der Waals surface area contributed by atoms with Gasteiger partial charge in [-0.2, -0.15) is 42.2 Å². The van der Waals surface area contributed by atoms with Gasteiger partial charge in [0.05, 0.1) is 13.7 Å². The number of benzene rings is 2. The number of hydrogen-bond acceptors (Lipinski definition) is 17. The molecular weight excluding hydrogens is 799 g/mol. The number of rotatable bonds is 16. The summed E-state index contributed by atoms with van der Waals surface area (Å²) < 4.78 is 25.9. The second kappa shape index (κ2) is 19.4. The van der Waals surface area contributed by atoms with E-state index in [9.17, 15) is 54.4 Å². The fourth-order valence-corrected chi connectivity index (χ4v) is 8.10. The molecule has 7 atom stereocenters. The first-order chi connectivity index (χ1) is 26.1. The van der Waals surface area contributed by atoms with Gasteiger partial charge in [0.15, 0.2) is 24.0 Å². The molecule has 8 N–H and O–H groups in total. The monoisotopic (exact) mass is 846 g/mol. The number of aliphatic hydroxyl groups is 3. The highest BCUT2D eigenvalue weighted by atomic mass is 31.2. The number of aliphatic hydroxyl groups excluding tert-OH is 3. The van der Waals surface area contributed by atoms with Crippen LogP contribution in [0.25, 0.3) is 5.57 Å². The lowest BCUT2D eigenvalue weighted by atomic mass is 9.85. The van der Waals surface area contributed by atoms with Crippen LogP contribution in [0.2, 0.25) is 0 Å². The van der Waals surface area contributed by atoms with Gasteiger partial charge >= 0.3 is 24.5 Å². The highest BCUT2D eigenvalue weighted by molar-refractivity contribution is 7.54. The SMILES string of the molecule is CO[P+]([O-])(OCCCNC(=O)c1ccc(C(=C2C=CC(=[N+](C)C)C=C2)c2ccc(N(C)C)cc2)cc1)O[C@@H]1[C@H](O)[C@H](O)[C@@H](O[P+]([O-])(O)O)[C@H](O[P+]([O-])(O)O)[C@H]1O. The van der Waals surface area contributed by atoms with Gasteiger partial charge in [0.25, 0.3) is 5.91 Å². The van der Waals surface area contributed by atoms with Gasteiger partial charge in [0.2, 0.25) is 0 Å². The fourth-order valence-electron chi connectivity index (χ4n) is 5.82. The Balaban J connectivity index is 1.39. The van der Waals surface area contributed by atoms with Crippen LogP contribution in [0.3, 0.4) is 0 Å². The lowest BCUT2D eigenvalue weighted by molar-refractivity contribution is -0.462. The second-order valence-corrected chi connectivity index (χ2v) is 17.2. The third-order valence-corrected chi connectivity index (χ3v) is 11.1. The van der Waals surface area contributed by atoms with Gasteiger partial charge in [0.1, 0.15) is 32.4 Å². The van der Waals surface area contributed by atoms with E-state index >= 15 is 0 Å². The van der Waals surface area contributed by atoms with Gasteiger partial charge in [-0.25, -0.2) is 4.58 Å². The molecule has 0 radical (unpaired) electrons. The summed E-state index contributed by atoms with van der Waals surface area (Å²) in [6, 6.07) is 15.2. The van der Waals surface area contributed by atoms with Crippen molar-refractivity contribution in [2.45, 2.75) is 43.0 Å². The molecule has 1 unspecified atom stereocenters. The molecule has 1 fully saturated rings. The summed E-state index contributed by atoms with van der Waals surface area (Å²) in [5.74, 6) is -0.416. The van der Waals surface area contributed by atoms with E-state index in [1.165, 1.54) is 0 Å². The van der Waals surface area contributed by atoms with Crippen molar-refractivity contribution in [2.75, 3.05) is 53.4 Å². The zero-order chi connectivity index (χ0) is 41.6. The molecule has 0 bridgehead atoms. The molecule has 19 nitrogen and oxygen atoms in total. The average Bonchev–Trinajstić information content (AvgIpc) is 3.13. The van der Waals surface area contributed by atoms with Crippen LogP contribution in [0.4, 0.5) is 5.69 Å². The Hall–Kier alpha value is -2.71. The number of nitrogens with zero attached hydrogens (tertiary/aromatic N) is 2. The van der Waals surface area contributed by atoms with Crippen LogP contribution in [0, 0.1) is 0 Å². The van der Waals surface area contributed by atoms with Crippen molar-refractivity contribution in [3.63, 3.8) is 0 Å². The van der Waals surface area contributed by atoms with Crippen molar-refractivity contribution < 1.29 is 81.6 Å². The van der Waals surface area contributed by atoms with Crippen LogP contribution in [-0.4, -0.2) is 136 Å². The van der Waals surface area contributed by atoms with E-state index in [1.54, 1.807) is 12.1 Å². The number of amides is 1. The largest absolute Gasteiger partial charge is 0.606 e. The summed E-state index contributed by atoms with van der Waals surface area (Å²) in [6.45, 7) is -0.360. The Bertz CT molecular complexity index is 1760. The zero-order valence-corrected chi connectivity index (χ0v) is 33.7. The molecule has 1 amide bonds. The Morgan fingerprint density at radius 2 is 1.23 bits per heavy atom. The molecule has 0 heterocycles. The smallest absolute Gasteiger partial charge is 0.379 e. The second-order valence-electron chi connectivity index (χ2n) is 13.1. The Morgan fingerprint density at radius 3 is 1.71 bits per heavy atom. The van der Waals surface area contributed by atoms with Gasteiger partial charge in [-0.15, -0.1) is 0 Å². The molecule has 0 aliphatic heterocycles. The molecule has 56 heavy (non-hydrogen) atoms. The number of carbonyl (C=O) groups excluding carboxylic acids is 1. The molecule has 0 saturated heterocycles. The summed E-state index contributed by atoms with van der Waals surface area (Å²) in [5, 5.41) is 34.4. The Morgan fingerprint density at radius 1 is 0.750 bits per heavy atom. The zero-order valence-electron chi connectivity index (χ0n) is 31.1. The maximum absolute atomic E-state index is 13.2. The quantitative estimate of drug-likeness (QED) is 0.0543. The molecule has 0 aromatic heterocycles. The number of phosphoric acid groups is 3. The molecule has 0 spiro atoms. The minimum Gasteiger partial charge on any atom is -0.606 e. The number of nitrogens with one attached hydrogen (secondary N) is 1. The summed E-state index contributed by atoms with van der Waals surface area (Å²) in [5.41, 5.74) is 6.27. The van der Waals surface area contributed by atoms with Crippen LogP contribution < -0.4 is 24.9 Å². The van der Waals surface area contributed by atoms with E-state index in [-0.39, 0.29) is 19.6 Å². The molecular formula is C34H47N3O16P3+. The van der Waals surface area contributed by atoms with Gasteiger partial charge in [-0.05, 0) is 65.1 Å². The maximum Gasteiger partial charge on any atom is 0.379 e. The van der Waals surface area contributed by atoms with Gasteiger partial charge in [-0.1, -0.05) is 24.3 Å². The molecule has 2 aliphatic carbocycles. The van der Waals surface area contributed by atoms with E-state index in [4.69, 9.17) is 13.6 Å². The minimum atomic E-state index is -5.51. The first-order valence-electron chi connectivity index (χ1n) is 16.9. The van der Waals surface area contributed by atoms with Crippen molar-refractivity contribution in [1.29, 1.82) is 0 Å². The van der Waals surface area contributed by atoms with Crippen LogP contribution in [0.15, 0.2) is 78.4 Å². The van der Waals surface area contributed by atoms with Crippen molar-refractivity contribution in [3.05, 3.63) is 95.1 Å². The number of anilines is 1. The average molecular weight is 847 g/mol. The number of carbonyl (C=O) groups is 1. The summed E-state index contributed by atoms with van der Waals surface area (Å²) >= 11 is 0. The van der Waals surface area contributed by atoms with Crippen LogP contribution in [0.5, 0.6) is 0 Å². The van der Waals surface area contributed by atoms with E-state index in [2.05, 4.69) is 14.4 Å². The topological polar surface area (TPSA) is 292 Å². The van der Waals surface area contributed by atoms with Crippen molar-refractivity contribution in [2.24, 2.45) is 0 Å². The predicted molar refractivity (Wildman–Crippen MR) is 201 cm³/mol. The first-order valence-corrected chi connectivity index (χ1v) is 21.5. The van der Waals surface area contributed by atoms with Crippen LogP contribution in [-0.2, 0) is 22.6 Å². The number of allylic oxidation sites excluding steroid dienone is 5. The Kier molecular flexibility index (Phi) is 15.9. The van der Waals surface area contributed by atoms with Crippen LogP contribution >= 0.6 is 24.5 Å². The van der Waals surface area contributed by atoms with E-state index in [0.717, 1.165) is 40.8 Å². The third-order valence-electron chi connectivity index (χ3n) is 8.65. The fraction of sp³-hybridized carbons (Fsp3) is 0.412. The first kappa shape index (κ1) is 46.0. The van der Waals surface area contributed by atoms with Gasteiger partial charge in [0, 0.05) is 44.0 Å². The van der Waals surface area contributed by atoms with Gasteiger partial charge in [-0.3, -0.25) is 4.79 Å². The molecule has 2 aliphatic rings. The molecule has 4 rings (SSSR count). The van der Waals surface area contributed by atoms with Gasteiger partial charge < -0.3 is 40.2 Å². The molecule has 2 aromatic rings. The summed E-state index contributed by atoms with van der Waals surface area (Å²) in [4.78, 5) is 88.1. The van der Waals surface area contributed by atoms with Crippen molar-refractivity contribution in [1.82, 2.24) is 5.32 Å². The van der Waals surface area contributed by atoms with E-state index < -0.39 is 67.0 Å². The highest BCUT2D eigenvalue weighted by Crippen LogP contribution is 2.57. The normalized spacial score (nSPS) is 23.8. The lowest BCUT2D eigenvalue weighted by Crippen LogP contribution is -2.66. The van der Waals surface area contributed by atoms with Crippen LogP contribution in [0.1, 0.15) is 27.9 Å². The molecule has 308 valence electrons. The standard InChI is InChI=1S/C34H46N3O16P3/c1-36(2)25-15-11-22(12-16-25)27(23-13-17-26(18-14-23)37(3)4)21-7-9-24(10-8-21)34(41)35-19-6-20-50-56(48,49-5)53-31-28(38)29(39)32(51-54(42,43)44)33(30(31)40)52-55(45,46)47/h7-18,28-33,38-40H,6,19-20H2,1-5H3,(H4-,35,41,42,43,44,45,46,47)/p+1/t28-,29+,30+,31-,32-,33-,56?/m1/s1. The number of hydrogen-bond donors (Lipinski definition) is 8. The van der Waals surface area contributed by atoms with Crippen molar-refractivity contribution in [3.8, 4) is 0 Å². The summed E-state index contributed by atoms with van der Waals surface area (Å²) in [7, 11) is -6.95. The third kappa shape index (κ3) is 12.4. The van der Waals surface area contributed by atoms with Crippen molar-refractivity contribution >= 4 is 47.4 Å². The molecule has 22 heteroatoms. The summed E-state index contributed by atoms with van der Waals surface area (Å²) in [6.07, 6.45) is -5.89. The van der Waals surface area contributed by atoms with E-state index in [1.807, 2.05) is 98.4 Å². The molecule has 1 saturated carbocycles.